The molecule has 1 saturated heterocycles. The van der Waals surface area contributed by atoms with E-state index in [2.05, 4.69) is 0 Å². The molecule has 1 aliphatic heterocycles. The molecule has 6 heteroatoms. The van der Waals surface area contributed by atoms with Gasteiger partial charge in [0.05, 0.1) is 5.75 Å². The Morgan fingerprint density at radius 2 is 2.11 bits per heavy atom. The lowest BCUT2D eigenvalue weighted by Gasteiger charge is -2.26. The second kappa shape index (κ2) is 5.34. The molecule has 0 aromatic heterocycles. The Kier molecular flexibility index (Phi) is 3.99. The number of rotatable bonds is 3. The summed E-state index contributed by atoms with van der Waals surface area (Å²) in [6.45, 7) is 0.860. The standard InChI is InChI=1S/C12H17FN2O2S/c13-12-7-10(8-14)3-4-11(12)9-15-5-1-2-6-18(15,16)17/h3-4,7H,1-2,5-6,8-9,14H2. The summed E-state index contributed by atoms with van der Waals surface area (Å²) in [7, 11) is -3.21. The Labute approximate surface area is 107 Å². The summed E-state index contributed by atoms with van der Waals surface area (Å²) in [4.78, 5) is 0. The Hall–Kier alpha value is -0.980. The van der Waals surface area contributed by atoms with Crippen LogP contribution in [0.4, 0.5) is 4.39 Å². The Balaban J connectivity index is 2.18. The van der Waals surface area contributed by atoms with Crippen LogP contribution < -0.4 is 5.73 Å². The van der Waals surface area contributed by atoms with E-state index in [1.807, 2.05) is 0 Å². The van der Waals surface area contributed by atoms with Gasteiger partial charge in [-0.1, -0.05) is 12.1 Å². The van der Waals surface area contributed by atoms with Gasteiger partial charge in [0.1, 0.15) is 5.82 Å². The smallest absolute Gasteiger partial charge is 0.214 e. The minimum Gasteiger partial charge on any atom is -0.326 e. The summed E-state index contributed by atoms with van der Waals surface area (Å²) < 4.78 is 38.7. The number of hydrogen-bond acceptors (Lipinski definition) is 3. The second-order valence-corrected chi connectivity index (χ2v) is 6.58. The zero-order chi connectivity index (χ0) is 13.2. The molecule has 1 aromatic rings. The van der Waals surface area contributed by atoms with Gasteiger partial charge in [-0.25, -0.2) is 12.8 Å². The van der Waals surface area contributed by atoms with E-state index in [1.165, 1.54) is 10.4 Å². The first-order valence-corrected chi connectivity index (χ1v) is 7.59. The predicted molar refractivity (Wildman–Crippen MR) is 67.7 cm³/mol. The molecule has 1 aliphatic rings. The minimum atomic E-state index is -3.21. The topological polar surface area (TPSA) is 63.4 Å². The van der Waals surface area contributed by atoms with Crippen LogP contribution >= 0.6 is 0 Å². The number of hydrogen-bond donors (Lipinski definition) is 1. The van der Waals surface area contributed by atoms with Crippen molar-refractivity contribution in [1.82, 2.24) is 4.31 Å². The Morgan fingerprint density at radius 3 is 2.72 bits per heavy atom. The molecular weight excluding hydrogens is 255 g/mol. The van der Waals surface area contributed by atoms with E-state index in [1.54, 1.807) is 12.1 Å². The maximum Gasteiger partial charge on any atom is 0.214 e. The molecule has 0 amide bonds. The average Bonchev–Trinajstić information content (AvgIpc) is 2.33. The summed E-state index contributed by atoms with van der Waals surface area (Å²) in [6, 6.07) is 4.71. The molecule has 0 spiro atoms. The summed E-state index contributed by atoms with van der Waals surface area (Å²) in [6.07, 6.45) is 1.52. The van der Waals surface area contributed by atoms with Gasteiger partial charge in [-0.15, -0.1) is 0 Å². The lowest BCUT2D eigenvalue weighted by Crippen LogP contribution is -2.37. The van der Waals surface area contributed by atoms with E-state index in [4.69, 9.17) is 5.73 Å². The first kappa shape index (κ1) is 13.5. The predicted octanol–water partition coefficient (Wildman–Crippen LogP) is 1.21. The normalized spacial score (nSPS) is 19.9. The van der Waals surface area contributed by atoms with Crippen LogP contribution in [0.5, 0.6) is 0 Å². The second-order valence-electron chi connectivity index (χ2n) is 4.49. The van der Waals surface area contributed by atoms with Crippen molar-refractivity contribution in [3.05, 3.63) is 35.1 Å². The van der Waals surface area contributed by atoms with Crippen LogP contribution in [0.2, 0.25) is 0 Å². The maximum atomic E-state index is 13.8. The van der Waals surface area contributed by atoms with Gasteiger partial charge in [0.25, 0.3) is 0 Å². The van der Waals surface area contributed by atoms with Crippen LogP contribution in [0, 0.1) is 5.82 Å². The van der Waals surface area contributed by atoms with Gasteiger partial charge < -0.3 is 5.73 Å². The number of benzene rings is 1. The molecule has 0 unspecified atom stereocenters. The van der Waals surface area contributed by atoms with Crippen molar-refractivity contribution in [3.8, 4) is 0 Å². The van der Waals surface area contributed by atoms with Crippen LogP contribution in [0.3, 0.4) is 0 Å². The monoisotopic (exact) mass is 272 g/mol. The molecule has 100 valence electrons. The molecule has 18 heavy (non-hydrogen) atoms. The number of nitrogens with zero attached hydrogens (tertiary/aromatic N) is 1. The SMILES string of the molecule is NCc1ccc(CN2CCCCS2(=O)=O)c(F)c1. The zero-order valence-electron chi connectivity index (χ0n) is 10.1. The molecule has 2 rings (SSSR count). The third kappa shape index (κ3) is 2.88. The van der Waals surface area contributed by atoms with Gasteiger partial charge in [0, 0.05) is 25.2 Å². The molecule has 4 nitrogen and oxygen atoms in total. The molecule has 2 N–H and O–H groups in total. The summed E-state index contributed by atoms with van der Waals surface area (Å²) >= 11 is 0. The van der Waals surface area contributed by atoms with Gasteiger partial charge in [-0.05, 0) is 24.5 Å². The van der Waals surface area contributed by atoms with Gasteiger partial charge in [0.15, 0.2) is 0 Å². The Bertz CT molecular complexity index is 531. The van der Waals surface area contributed by atoms with Gasteiger partial charge >= 0.3 is 0 Å². The number of sulfonamides is 1. The largest absolute Gasteiger partial charge is 0.326 e. The van der Waals surface area contributed by atoms with Crippen molar-refractivity contribution in [2.45, 2.75) is 25.9 Å². The molecule has 0 atom stereocenters. The van der Waals surface area contributed by atoms with E-state index in [9.17, 15) is 12.8 Å². The summed E-state index contributed by atoms with van der Waals surface area (Å²) in [5.41, 5.74) is 6.53. The molecule has 0 bridgehead atoms. The fourth-order valence-corrected chi connectivity index (χ4v) is 3.62. The van der Waals surface area contributed by atoms with Crippen molar-refractivity contribution >= 4 is 10.0 Å². The highest BCUT2D eigenvalue weighted by molar-refractivity contribution is 7.89. The van der Waals surface area contributed by atoms with Crippen LogP contribution in [-0.4, -0.2) is 25.0 Å². The van der Waals surface area contributed by atoms with Crippen molar-refractivity contribution in [1.29, 1.82) is 0 Å². The highest BCUT2D eigenvalue weighted by Gasteiger charge is 2.26. The third-order valence-corrected chi connectivity index (χ3v) is 5.06. The highest BCUT2D eigenvalue weighted by atomic mass is 32.2. The van der Waals surface area contributed by atoms with E-state index < -0.39 is 15.8 Å². The molecule has 1 aromatic carbocycles. The van der Waals surface area contributed by atoms with E-state index in [0.29, 0.717) is 24.1 Å². The van der Waals surface area contributed by atoms with E-state index >= 15 is 0 Å². The summed E-state index contributed by atoms with van der Waals surface area (Å²) in [5.74, 6) is -0.228. The number of nitrogens with two attached hydrogens (primary N) is 1. The highest BCUT2D eigenvalue weighted by Crippen LogP contribution is 2.19. The molecule has 0 aliphatic carbocycles. The quantitative estimate of drug-likeness (QED) is 0.899. The van der Waals surface area contributed by atoms with Crippen LogP contribution in [0.1, 0.15) is 24.0 Å². The lowest BCUT2D eigenvalue weighted by molar-refractivity contribution is 0.373. The molecule has 1 heterocycles. The van der Waals surface area contributed by atoms with Gasteiger partial charge in [-0.3, -0.25) is 0 Å². The first-order valence-electron chi connectivity index (χ1n) is 5.98. The first-order chi connectivity index (χ1) is 8.53. The van der Waals surface area contributed by atoms with Crippen molar-refractivity contribution in [3.63, 3.8) is 0 Å². The number of halogens is 1. The molecule has 0 saturated carbocycles. The Morgan fingerprint density at radius 1 is 1.33 bits per heavy atom. The average molecular weight is 272 g/mol. The molecule has 0 radical (unpaired) electrons. The summed E-state index contributed by atoms with van der Waals surface area (Å²) in [5, 5.41) is 0. The van der Waals surface area contributed by atoms with Crippen molar-refractivity contribution in [2.24, 2.45) is 5.73 Å². The van der Waals surface area contributed by atoms with Gasteiger partial charge in [0.2, 0.25) is 10.0 Å². The molecule has 1 fully saturated rings. The van der Waals surface area contributed by atoms with Crippen molar-refractivity contribution in [2.75, 3.05) is 12.3 Å². The fraction of sp³-hybridized carbons (Fsp3) is 0.500. The fourth-order valence-electron chi connectivity index (χ4n) is 2.05. The van der Waals surface area contributed by atoms with E-state index in [-0.39, 0.29) is 18.8 Å². The lowest BCUT2D eigenvalue weighted by atomic mass is 10.1. The molecular formula is C12H17FN2O2S. The van der Waals surface area contributed by atoms with Gasteiger partial charge in [-0.2, -0.15) is 4.31 Å². The van der Waals surface area contributed by atoms with Crippen molar-refractivity contribution < 1.29 is 12.8 Å². The van der Waals surface area contributed by atoms with Crippen LogP contribution in [0.25, 0.3) is 0 Å². The van der Waals surface area contributed by atoms with Crippen LogP contribution in [-0.2, 0) is 23.1 Å². The van der Waals surface area contributed by atoms with Crippen LogP contribution in [0.15, 0.2) is 18.2 Å². The third-order valence-electron chi connectivity index (χ3n) is 3.15. The minimum absolute atomic E-state index is 0.110. The maximum absolute atomic E-state index is 13.8. The van der Waals surface area contributed by atoms with E-state index in [0.717, 1.165) is 6.42 Å². The zero-order valence-corrected chi connectivity index (χ0v) is 10.9.